The van der Waals surface area contributed by atoms with E-state index in [1.54, 1.807) is 63.2 Å². The van der Waals surface area contributed by atoms with Crippen LogP contribution in [-0.2, 0) is 14.3 Å². The Morgan fingerprint density at radius 2 is 1.74 bits per heavy atom. The predicted octanol–water partition coefficient (Wildman–Crippen LogP) is 4.97. The number of ether oxygens (including phenoxy) is 3. The SMILES string of the molecule is CCOC(=O)c1sc(N2C(=O)C(=O)C(=C(O)c3ccc(OCC)cc3C)C2c2ccc(OC)cc2)nc1C. The van der Waals surface area contributed by atoms with Gasteiger partial charge in [0.25, 0.3) is 5.78 Å². The molecule has 38 heavy (non-hydrogen) atoms. The number of aryl methyl sites for hydroxylation is 2. The van der Waals surface area contributed by atoms with Gasteiger partial charge >= 0.3 is 11.9 Å². The van der Waals surface area contributed by atoms with Crippen molar-refractivity contribution in [2.24, 2.45) is 0 Å². The molecule has 0 spiro atoms. The molecule has 2 aromatic carbocycles. The molecule has 0 bridgehead atoms. The zero-order chi connectivity index (χ0) is 27.6. The van der Waals surface area contributed by atoms with Crippen molar-refractivity contribution in [1.82, 2.24) is 4.98 Å². The molecular weight excluding hydrogens is 508 g/mol. The highest BCUT2D eigenvalue weighted by atomic mass is 32.1. The van der Waals surface area contributed by atoms with Gasteiger partial charge in [0.15, 0.2) is 5.13 Å². The zero-order valence-corrected chi connectivity index (χ0v) is 22.5. The van der Waals surface area contributed by atoms with Crippen LogP contribution in [0.15, 0.2) is 48.0 Å². The number of anilines is 1. The van der Waals surface area contributed by atoms with E-state index in [1.807, 2.05) is 6.92 Å². The first kappa shape index (κ1) is 26.9. The van der Waals surface area contributed by atoms with Gasteiger partial charge in [-0.25, -0.2) is 9.78 Å². The fourth-order valence-corrected chi connectivity index (χ4v) is 5.29. The van der Waals surface area contributed by atoms with Crippen LogP contribution in [0.5, 0.6) is 11.5 Å². The molecule has 0 radical (unpaired) electrons. The van der Waals surface area contributed by atoms with E-state index in [-0.39, 0.29) is 27.9 Å². The van der Waals surface area contributed by atoms with Crippen LogP contribution in [0.1, 0.15) is 51.9 Å². The molecule has 4 rings (SSSR count). The summed E-state index contributed by atoms with van der Waals surface area (Å²) in [5.41, 5.74) is 1.91. The highest BCUT2D eigenvalue weighted by Crippen LogP contribution is 2.44. The minimum absolute atomic E-state index is 0.0852. The van der Waals surface area contributed by atoms with Crippen molar-refractivity contribution in [1.29, 1.82) is 0 Å². The molecule has 1 N–H and O–H groups in total. The molecule has 1 fully saturated rings. The van der Waals surface area contributed by atoms with Crippen molar-refractivity contribution < 1.29 is 33.7 Å². The molecule has 1 unspecified atom stereocenters. The largest absolute Gasteiger partial charge is 0.507 e. The quantitative estimate of drug-likeness (QED) is 0.186. The Hall–Kier alpha value is -4.18. The van der Waals surface area contributed by atoms with Gasteiger partial charge in [-0.2, -0.15) is 0 Å². The molecular formula is C28H28N2O7S. The van der Waals surface area contributed by atoms with Crippen LogP contribution in [0.2, 0.25) is 0 Å². The molecule has 2 heterocycles. The lowest BCUT2D eigenvalue weighted by molar-refractivity contribution is -0.132. The normalized spacial score (nSPS) is 16.6. The molecule has 10 heteroatoms. The number of hydrogen-bond acceptors (Lipinski definition) is 9. The Kier molecular flexibility index (Phi) is 7.82. The smallest absolute Gasteiger partial charge is 0.350 e. The summed E-state index contributed by atoms with van der Waals surface area (Å²) in [6.45, 7) is 7.64. The molecule has 1 amide bonds. The second-order valence-corrected chi connectivity index (χ2v) is 9.46. The van der Waals surface area contributed by atoms with Crippen LogP contribution >= 0.6 is 11.3 Å². The Bertz CT molecular complexity index is 1430. The van der Waals surface area contributed by atoms with Crippen LogP contribution in [0.25, 0.3) is 5.76 Å². The standard InChI is InChI=1S/C28H28N2O7S/c1-6-36-19-12-13-20(15(3)14-19)23(31)21-22(17-8-10-18(35-5)11-9-17)30(26(33)24(21)32)28-29-16(4)25(38-28)27(34)37-7-2/h8-14,22,31H,6-7H2,1-5H3. The lowest BCUT2D eigenvalue weighted by Crippen LogP contribution is -2.29. The van der Waals surface area contributed by atoms with E-state index < -0.39 is 23.7 Å². The Balaban J connectivity index is 1.90. The van der Waals surface area contributed by atoms with Gasteiger partial charge in [0.2, 0.25) is 0 Å². The van der Waals surface area contributed by atoms with Crippen molar-refractivity contribution in [3.05, 3.63) is 75.3 Å². The first-order chi connectivity index (χ1) is 18.2. The maximum Gasteiger partial charge on any atom is 0.350 e. The Morgan fingerprint density at radius 1 is 1.05 bits per heavy atom. The number of nitrogens with zero attached hydrogens (tertiary/aromatic N) is 2. The monoisotopic (exact) mass is 536 g/mol. The second kappa shape index (κ2) is 11.1. The number of methoxy groups -OCH3 is 1. The number of carbonyl (C=O) groups excluding carboxylic acids is 3. The molecule has 0 saturated carbocycles. The molecule has 1 aliphatic rings. The second-order valence-electron chi connectivity index (χ2n) is 8.48. The molecule has 1 aliphatic heterocycles. The fraction of sp³-hybridized carbons (Fsp3) is 0.286. The number of esters is 1. The first-order valence-electron chi connectivity index (χ1n) is 12.0. The van der Waals surface area contributed by atoms with Crippen molar-refractivity contribution >= 4 is 39.9 Å². The van der Waals surface area contributed by atoms with Gasteiger partial charge in [-0.3, -0.25) is 14.5 Å². The highest BCUT2D eigenvalue weighted by molar-refractivity contribution is 7.17. The number of Topliss-reactive ketones (excluding diaryl/α,β-unsaturated/α-hetero) is 1. The lowest BCUT2D eigenvalue weighted by atomic mass is 9.94. The van der Waals surface area contributed by atoms with Gasteiger partial charge in [0, 0.05) is 5.56 Å². The minimum Gasteiger partial charge on any atom is -0.507 e. The summed E-state index contributed by atoms with van der Waals surface area (Å²) in [6.07, 6.45) is 0. The molecule has 198 valence electrons. The zero-order valence-electron chi connectivity index (χ0n) is 21.7. The number of rotatable bonds is 8. The van der Waals surface area contributed by atoms with Gasteiger partial charge in [-0.1, -0.05) is 23.5 Å². The molecule has 1 aromatic heterocycles. The van der Waals surface area contributed by atoms with Gasteiger partial charge < -0.3 is 19.3 Å². The first-order valence-corrected chi connectivity index (χ1v) is 12.9. The van der Waals surface area contributed by atoms with E-state index in [0.717, 1.165) is 11.3 Å². The predicted molar refractivity (Wildman–Crippen MR) is 143 cm³/mol. The van der Waals surface area contributed by atoms with Gasteiger partial charge in [0.05, 0.1) is 37.6 Å². The minimum atomic E-state index is -0.993. The van der Waals surface area contributed by atoms with Crippen LogP contribution < -0.4 is 14.4 Å². The third-order valence-electron chi connectivity index (χ3n) is 6.09. The molecule has 0 aliphatic carbocycles. The van der Waals surface area contributed by atoms with Crippen molar-refractivity contribution in [3.63, 3.8) is 0 Å². The summed E-state index contributed by atoms with van der Waals surface area (Å²) in [4.78, 5) is 45.2. The highest BCUT2D eigenvalue weighted by Gasteiger charge is 2.48. The van der Waals surface area contributed by atoms with E-state index in [4.69, 9.17) is 14.2 Å². The van der Waals surface area contributed by atoms with Crippen molar-refractivity contribution in [3.8, 4) is 11.5 Å². The molecule has 9 nitrogen and oxygen atoms in total. The van der Waals surface area contributed by atoms with E-state index in [1.165, 1.54) is 12.0 Å². The summed E-state index contributed by atoms with van der Waals surface area (Å²) >= 11 is 0.959. The summed E-state index contributed by atoms with van der Waals surface area (Å²) < 4.78 is 15.9. The fourth-order valence-electron chi connectivity index (χ4n) is 4.31. The van der Waals surface area contributed by atoms with Crippen molar-refractivity contribution in [2.45, 2.75) is 33.7 Å². The van der Waals surface area contributed by atoms with Crippen LogP contribution in [0, 0.1) is 13.8 Å². The van der Waals surface area contributed by atoms with Crippen molar-refractivity contribution in [2.75, 3.05) is 25.2 Å². The third-order valence-corrected chi connectivity index (χ3v) is 7.23. The number of ketones is 1. The van der Waals surface area contributed by atoms with E-state index >= 15 is 0 Å². The summed E-state index contributed by atoms with van der Waals surface area (Å²) in [7, 11) is 1.53. The third kappa shape index (κ3) is 4.87. The maximum absolute atomic E-state index is 13.4. The Morgan fingerprint density at radius 3 is 2.34 bits per heavy atom. The lowest BCUT2D eigenvalue weighted by Gasteiger charge is -2.23. The Labute approximate surface area is 224 Å². The molecule has 1 atom stereocenters. The average Bonchev–Trinajstić information content (AvgIpc) is 3.41. The van der Waals surface area contributed by atoms with E-state index in [9.17, 15) is 19.5 Å². The van der Waals surface area contributed by atoms with E-state index in [0.29, 0.717) is 40.5 Å². The summed E-state index contributed by atoms with van der Waals surface area (Å²) in [6, 6.07) is 10.9. The number of thiazole rings is 1. The average molecular weight is 537 g/mol. The number of amides is 1. The number of aliphatic hydroxyl groups is 1. The summed E-state index contributed by atoms with van der Waals surface area (Å²) in [5.74, 6) is -1.38. The van der Waals surface area contributed by atoms with E-state index in [2.05, 4.69) is 4.98 Å². The topological polar surface area (TPSA) is 115 Å². The molecule has 3 aromatic rings. The van der Waals surface area contributed by atoms with Gasteiger partial charge in [-0.15, -0.1) is 0 Å². The van der Waals surface area contributed by atoms with Crippen LogP contribution in [0.4, 0.5) is 5.13 Å². The van der Waals surface area contributed by atoms with Gasteiger partial charge in [0.1, 0.15) is 22.1 Å². The maximum atomic E-state index is 13.4. The van der Waals surface area contributed by atoms with Crippen LogP contribution in [0.3, 0.4) is 0 Å². The summed E-state index contributed by atoms with van der Waals surface area (Å²) in [5, 5.41) is 11.6. The number of carbonyl (C=O) groups is 3. The number of hydrogen-bond donors (Lipinski definition) is 1. The number of benzene rings is 2. The molecule has 1 saturated heterocycles. The number of aromatic nitrogens is 1. The van der Waals surface area contributed by atoms with Gasteiger partial charge in [-0.05, 0) is 69.2 Å². The van der Waals surface area contributed by atoms with Crippen LogP contribution in [-0.4, -0.2) is 48.1 Å². The number of aliphatic hydroxyl groups excluding tert-OH is 1.